The number of aryl methyl sites for hydroxylation is 1. The first-order chi connectivity index (χ1) is 8.74. The van der Waals surface area contributed by atoms with Crippen LogP contribution in [0.5, 0.6) is 0 Å². The molecule has 0 bridgehead atoms. The summed E-state index contributed by atoms with van der Waals surface area (Å²) in [5.74, 6) is 0.386. The van der Waals surface area contributed by atoms with Gasteiger partial charge < -0.3 is 5.32 Å². The SMILES string of the molecule is Cc1ccc(CNC(=O)CSc2nncs2)cc1. The maximum Gasteiger partial charge on any atom is 0.230 e. The Balaban J connectivity index is 1.73. The van der Waals surface area contributed by atoms with E-state index in [1.165, 1.54) is 28.7 Å². The molecule has 0 fully saturated rings. The summed E-state index contributed by atoms with van der Waals surface area (Å²) < 4.78 is 0.820. The lowest BCUT2D eigenvalue weighted by atomic mass is 10.1. The normalized spacial score (nSPS) is 10.3. The van der Waals surface area contributed by atoms with E-state index in [0.717, 1.165) is 9.90 Å². The van der Waals surface area contributed by atoms with Gasteiger partial charge in [-0.25, -0.2) is 0 Å². The van der Waals surface area contributed by atoms with Crippen LogP contribution in [0.15, 0.2) is 34.1 Å². The summed E-state index contributed by atoms with van der Waals surface area (Å²) in [6.07, 6.45) is 0. The van der Waals surface area contributed by atoms with E-state index < -0.39 is 0 Å². The molecule has 2 rings (SSSR count). The molecule has 1 N–H and O–H groups in total. The number of carbonyl (C=O) groups is 1. The van der Waals surface area contributed by atoms with Gasteiger partial charge in [0.25, 0.3) is 0 Å². The third kappa shape index (κ3) is 4.12. The number of hydrogen-bond donors (Lipinski definition) is 1. The molecule has 4 nitrogen and oxygen atoms in total. The Labute approximate surface area is 114 Å². The van der Waals surface area contributed by atoms with Crippen LogP contribution < -0.4 is 5.32 Å². The molecule has 0 spiro atoms. The molecule has 0 atom stereocenters. The van der Waals surface area contributed by atoms with Crippen molar-refractivity contribution in [3.8, 4) is 0 Å². The predicted octanol–water partition coefficient (Wildman–Crippen LogP) is 2.26. The molecule has 0 saturated heterocycles. The van der Waals surface area contributed by atoms with E-state index in [4.69, 9.17) is 0 Å². The van der Waals surface area contributed by atoms with Crippen molar-refractivity contribution in [2.75, 3.05) is 5.75 Å². The number of nitrogens with zero attached hydrogens (tertiary/aromatic N) is 2. The molecule has 0 aliphatic rings. The highest BCUT2D eigenvalue weighted by Gasteiger charge is 2.04. The standard InChI is InChI=1S/C12H13N3OS2/c1-9-2-4-10(5-3-9)6-13-11(16)7-17-12-15-14-8-18-12/h2-5,8H,6-7H2,1H3,(H,13,16). The highest BCUT2D eigenvalue weighted by molar-refractivity contribution is 8.01. The van der Waals surface area contributed by atoms with E-state index in [-0.39, 0.29) is 5.91 Å². The topological polar surface area (TPSA) is 54.9 Å². The Morgan fingerprint density at radius 3 is 2.83 bits per heavy atom. The number of aromatic nitrogens is 2. The van der Waals surface area contributed by atoms with Crippen LogP contribution in [0.2, 0.25) is 0 Å². The number of rotatable bonds is 5. The highest BCUT2D eigenvalue weighted by Crippen LogP contribution is 2.18. The summed E-state index contributed by atoms with van der Waals surface area (Å²) in [5, 5.41) is 10.5. The van der Waals surface area contributed by atoms with Crippen LogP contribution in [0.3, 0.4) is 0 Å². The van der Waals surface area contributed by atoms with Crippen LogP contribution in [0.1, 0.15) is 11.1 Å². The lowest BCUT2D eigenvalue weighted by Gasteiger charge is -2.04. The van der Waals surface area contributed by atoms with Gasteiger partial charge in [0.2, 0.25) is 5.91 Å². The number of nitrogens with one attached hydrogen (secondary N) is 1. The zero-order valence-electron chi connectivity index (χ0n) is 9.92. The van der Waals surface area contributed by atoms with Crippen LogP contribution in [-0.2, 0) is 11.3 Å². The fraction of sp³-hybridized carbons (Fsp3) is 0.250. The maximum absolute atomic E-state index is 11.6. The molecule has 94 valence electrons. The molecule has 0 aliphatic carbocycles. The minimum absolute atomic E-state index is 0.00998. The predicted molar refractivity (Wildman–Crippen MR) is 73.7 cm³/mol. The van der Waals surface area contributed by atoms with Crippen molar-refractivity contribution < 1.29 is 4.79 Å². The Kier molecular flexibility index (Phi) is 4.72. The van der Waals surface area contributed by atoms with Gasteiger partial charge in [-0.3, -0.25) is 4.79 Å². The van der Waals surface area contributed by atoms with Crippen molar-refractivity contribution in [3.63, 3.8) is 0 Å². The highest BCUT2D eigenvalue weighted by atomic mass is 32.2. The second-order valence-electron chi connectivity index (χ2n) is 3.76. The number of carbonyl (C=O) groups excluding carboxylic acids is 1. The Hall–Kier alpha value is -1.40. The van der Waals surface area contributed by atoms with Crippen LogP contribution in [-0.4, -0.2) is 21.9 Å². The second-order valence-corrected chi connectivity index (χ2v) is 5.81. The van der Waals surface area contributed by atoms with Gasteiger partial charge in [-0.05, 0) is 12.5 Å². The molecule has 0 unspecified atom stereocenters. The van der Waals surface area contributed by atoms with E-state index in [1.54, 1.807) is 5.51 Å². The fourth-order valence-electron chi connectivity index (χ4n) is 1.31. The van der Waals surface area contributed by atoms with Crippen molar-refractivity contribution >= 4 is 29.0 Å². The zero-order valence-corrected chi connectivity index (χ0v) is 11.6. The van der Waals surface area contributed by atoms with Gasteiger partial charge in [0, 0.05) is 6.54 Å². The summed E-state index contributed by atoms with van der Waals surface area (Å²) in [7, 11) is 0. The Morgan fingerprint density at radius 1 is 1.39 bits per heavy atom. The average molecular weight is 279 g/mol. The first kappa shape index (κ1) is 13.0. The molecular formula is C12H13N3OS2. The molecule has 0 radical (unpaired) electrons. The second kappa shape index (κ2) is 6.51. The summed E-state index contributed by atoms with van der Waals surface area (Å²) >= 11 is 2.85. The van der Waals surface area contributed by atoms with Gasteiger partial charge in [-0.2, -0.15) is 0 Å². The van der Waals surface area contributed by atoms with E-state index in [9.17, 15) is 4.79 Å². The van der Waals surface area contributed by atoms with E-state index in [2.05, 4.69) is 15.5 Å². The van der Waals surface area contributed by atoms with E-state index in [1.807, 2.05) is 31.2 Å². The van der Waals surface area contributed by atoms with Crippen molar-refractivity contribution in [2.24, 2.45) is 0 Å². The van der Waals surface area contributed by atoms with E-state index >= 15 is 0 Å². The number of thioether (sulfide) groups is 1. The number of benzene rings is 1. The van der Waals surface area contributed by atoms with Gasteiger partial charge in [-0.1, -0.05) is 52.9 Å². The minimum atomic E-state index is 0.00998. The average Bonchev–Trinajstić information content (AvgIpc) is 2.89. The molecule has 1 aromatic heterocycles. The molecule has 1 amide bonds. The molecule has 0 aliphatic heterocycles. The molecule has 1 aromatic carbocycles. The molecule has 0 saturated carbocycles. The fourth-order valence-corrected chi connectivity index (χ4v) is 2.63. The molecule has 6 heteroatoms. The summed E-state index contributed by atoms with van der Waals surface area (Å²) in [4.78, 5) is 11.6. The molecule has 2 aromatic rings. The van der Waals surface area contributed by atoms with Gasteiger partial charge in [0.1, 0.15) is 5.51 Å². The first-order valence-electron chi connectivity index (χ1n) is 5.45. The lowest BCUT2D eigenvalue weighted by Crippen LogP contribution is -2.24. The van der Waals surface area contributed by atoms with Gasteiger partial charge in [-0.15, -0.1) is 10.2 Å². The summed E-state index contributed by atoms with van der Waals surface area (Å²) in [6, 6.07) is 8.12. The van der Waals surface area contributed by atoms with Gasteiger partial charge >= 0.3 is 0 Å². The van der Waals surface area contributed by atoms with Crippen LogP contribution in [0.4, 0.5) is 0 Å². The third-order valence-electron chi connectivity index (χ3n) is 2.28. The van der Waals surface area contributed by atoms with E-state index in [0.29, 0.717) is 12.3 Å². The minimum Gasteiger partial charge on any atom is -0.351 e. The van der Waals surface area contributed by atoms with Gasteiger partial charge in [0.15, 0.2) is 4.34 Å². The molecule has 18 heavy (non-hydrogen) atoms. The maximum atomic E-state index is 11.6. The van der Waals surface area contributed by atoms with Crippen LogP contribution >= 0.6 is 23.1 Å². The Bertz CT molecular complexity index is 497. The number of hydrogen-bond acceptors (Lipinski definition) is 5. The van der Waals surface area contributed by atoms with Gasteiger partial charge in [0.05, 0.1) is 5.75 Å². The summed E-state index contributed by atoms with van der Waals surface area (Å²) in [5.41, 5.74) is 3.98. The van der Waals surface area contributed by atoms with Crippen LogP contribution in [0, 0.1) is 6.92 Å². The molecule has 1 heterocycles. The largest absolute Gasteiger partial charge is 0.351 e. The monoisotopic (exact) mass is 279 g/mol. The third-order valence-corrected chi connectivity index (χ3v) is 4.14. The zero-order chi connectivity index (χ0) is 12.8. The summed E-state index contributed by atoms with van der Waals surface area (Å²) in [6.45, 7) is 2.61. The lowest BCUT2D eigenvalue weighted by molar-refractivity contribution is -0.118. The van der Waals surface area contributed by atoms with Crippen molar-refractivity contribution in [1.29, 1.82) is 0 Å². The van der Waals surface area contributed by atoms with Crippen molar-refractivity contribution in [2.45, 2.75) is 17.8 Å². The smallest absolute Gasteiger partial charge is 0.230 e. The van der Waals surface area contributed by atoms with Crippen molar-refractivity contribution in [1.82, 2.24) is 15.5 Å². The molecular weight excluding hydrogens is 266 g/mol. The van der Waals surface area contributed by atoms with Crippen molar-refractivity contribution in [3.05, 3.63) is 40.9 Å². The number of amides is 1. The van der Waals surface area contributed by atoms with Crippen LogP contribution in [0.25, 0.3) is 0 Å². The quantitative estimate of drug-likeness (QED) is 0.853. The first-order valence-corrected chi connectivity index (χ1v) is 7.32. The Morgan fingerprint density at radius 2 is 2.17 bits per heavy atom.